The molecule has 0 unspecified atom stereocenters. The Morgan fingerprint density at radius 1 is 1.16 bits per heavy atom. The van der Waals surface area contributed by atoms with E-state index in [9.17, 15) is 18.0 Å². The minimum absolute atomic E-state index is 0.0498. The van der Waals surface area contributed by atoms with E-state index in [-0.39, 0.29) is 30.3 Å². The van der Waals surface area contributed by atoms with Gasteiger partial charge in [-0.25, -0.2) is 0 Å². The lowest BCUT2D eigenvalue weighted by Gasteiger charge is -2.08. The molecule has 2 aromatic heterocycles. The van der Waals surface area contributed by atoms with Crippen LogP contribution < -0.4 is 5.32 Å². The summed E-state index contributed by atoms with van der Waals surface area (Å²) in [5, 5.41) is 10.7. The second-order valence-corrected chi connectivity index (χ2v) is 5.71. The number of pyridine rings is 1. The number of alkyl halides is 3. The van der Waals surface area contributed by atoms with Crippen molar-refractivity contribution >= 4 is 23.2 Å². The summed E-state index contributed by atoms with van der Waals surface area (Å²) in [5.41, 5.74) is 0.110. The van der Waals surface area contributed by atoms with E-state index in [1.54, 1.807) is 24.3 Å². The van der Waals surface area contributed by atoms with Crippen molar-refractivity contribution in [3.05, 3.63) is 64.6 Å². The first-order chi connectivity index (χ1) is 11.8. The molecule has 1 amide bonds. The predicted molar refractivity (Wildman–Crippen MR) is 85.0 cm³/mol. The van der Waals surface area contributed by atoms with Gasteiger partial charge in [0.2, 0.25) is 5.91 Å². The minimum Gasteiger partial charge on any atom is -0.348 e. The summed E-state index contributed by atoms with van der Waals surface area (Å²) < 4.78 is 39.6. The highest BCUT2D eigenvalue weighted by atomic mass is 35.5. The van der Waals surface area contributed by atoms with Crippen molar-refractivity contribution in [1.29, 1.82) is 0 Å². The van der Waals surface area contributed by atoms with Gasteiger partial charge in [-0.15, -0.1) is 10.2 Å². The number of hydrogen-bond acceptors (Lipinski definition) is 3. The predicted octanol–water partition coefficient (Wildman–Crippen LogP) is 3.26. The fourth-order valence-electron chi connectivity index (χ4n) is 2.28. The van der Waals surface area contributed by atoms with Gasteiger partial charge >= 0.3 is 6.18 Å². The van der Waals surface area contributed by atoms with Gasteiger partial charge in [-0.2, -0.15) is 13.2 Å². The van der Waals surface area contributed by atoms with Crippen LogP contribution in [0.2, 0.25) is 5.02 Å². The number of aromatic nitrogens is 3. The third kappa shape index (κ3) is 3.90. The van der Waals surface area contributed by atoms with Gasteiger partial charge in [-0.3, -0.25) is 9.20 Å². The molecule has 0 bridgehead atoms. The summed E-state index contributed by atoms with van der Waals surface area (Å²) >= 11 is 5.99. The average molecular weight is 369 g/mol. The molecule has 0 saturated heterocycles. The molecule has 0 saturated carbocycles. The largest absolute Gasteiger partial charge is 0.417 e. The van der Waals surface area contributed by atoms with Crippen LogP contribution in [-0.4, -0.2) is 20.5 Å². The van der Waals surface area contributed by atoms with Gasteiger partial charge in [0, 0.05) is 11.2 Å². The van der Waals surface area contributed by atoms with Crippen molar-refractivity contribution in [2.75, 3.05) is 0 Å². The topological polar surface area (TPSA) is 59.3 Å². The van der Waals surface area contributed by atoms with Gasteiger partial charge in [-0.05, 0) is 23.8 Å². The number of rotatable bonds is 4. The van der Waals surface area contributed by atoms with Gasteiger partial charge in [0.1, 0.15) is 0 Å². The van der Waals surface area contributed by atoms with E-state index in [0.717, 1.165) is 12.3 Å². The van der Waals surface area contributed by atoms with Crippen LogP contribution in [0.1, 0.15) is 17.0 Å². The summed E-state index contributed by atoms with van der Waals surface area (Å²) in [6.07, 6.45) is -3.50. The summed E-state index contributed by atoms with van der Waals surface area (Å²) in [4.78, 5) is 12.0. The Labute approximate surface area is 145 Å². The Morgan fingerprint density at radius 3 is 2.64 bits per heavy atom. The van der Waals surface area contributed by atoms with E-state index in [4.69, 9.17) is 11.6 Å². The summed E-state index contributed by atoms with van der Waals surface area (Å²) in [6, 6.07) is 9.08. The highest BCUT2D eigenvalue weighted by Crippen LogP contribution is 2.29. The van der Waals surface area contributed by atoms with Gasteiger partial charge in [0.15, 0.2) is 11.5 Å². The zero-order chi connectivity index (χ0) is 18.0. The Bertz CT molecular complexity index is 923. The first-order valence-corrected chi connectivity index (χ1v) is 7.63. The van der Waals surface area contributed by atoms with Crippen molar-refractivity contribution in [2.24, 2.45) is 0 Å². The van der Waals surface area contributed by atoms with E-state index in [1.807, 2.05) is 0 Å². The Morgan fingerprint density at radius 2 is 1.92 bits per heavy atom. The second-order valence-electron chi connectivity index (χ2n) is 5.30. The molecule has 1 N–H and O–H groups in total. The molecule has 130 valence electrons. The van der Waals surface area contributed by atoms with Crippen LogP contribution in [0.25, 0.3) is 5.65 Å². The van der Waals surface area contributed by atoms with Crippen molar-refractivity contribution in [2.45, 2.75) is 19.1 Å². The molecule has 3 rings (SSSR count). The smallest absolute Gasteiger partial charge is 0.348 e. The molecule has 0 spiro atoms. The quantitative estimate of drug-likeness (QED) is 0.769. The van der Waals surface area contributed by atoms with Crippen molar-refractivity contribution < 1.29 is 18.0 Å². The normalized spacial score (nSPS) is 11.7. The third-order valence-corrected chi connectivity index (χ3v) is 3.92. The van der Waals surface area contributed by atoms with Crippen molar-refractivity contribution in [1.82, 2.24) is 19.9 Å². The van der Waals surface area contributed by atoms with Crippen LogP contribution in [0, 0.1) is 0 Å². The third-order valence-electron chi connectivity index (χ3n) is 3.55. The molecular formula is C16H12ClF3N4O. The molecule has 3 aromatic rings. The number of hydrogen-bond donors (Lipinski definition) is 1. The minimum atomic E-state index is -4.47. The lowest BCUT2D eigenvalue weighted by atomic mass is 10.1. The van der Waals surface area contributed by atoms with E-state index in [0.29, 0.717) is 10.6 Å². The molecule has 0 radical (unpaired) electrons. The van der Waals surface area contributed by atoms with Crippen LogP contribution in [0.3, 0.4) is 0 Å². The van der Waals surface area contributed by atoms with E-state index >= 15 is 0 Å². The number of benzene rings is 1. The molecule has 5 nitrogen and oxygen atoms in total. The highest BCUT2D eigenvalue weighted by Gasteiger charge is 2.31. The monoisotopic (exact) mass is 368 g/mol. The molecule has 0 aliphatic carbocycles. The molecular weight excluding hydrogens is 357 g/mol. The first kappa shape index (κ1) is 17.2. The maximum Gasteiger partial charge on any atom is 0.417 e. The lowest BCUT2D eigenvalue weighted by Crippen LogP contribution is -2.25. The molecule has 9 heteroatoms. The number of amides is 1. The number of nitrogens with zero attached hydrogens (tertiary/aromatic N) is 3. The van der Waals surface area contributed by atoms with E-state index in [1.165, 1.54) is 10.5 Å². The summed E-state index contributed by atoms with van der Waals surface area (Å²) in [7, 11) is 0. The molecule has 25 heavy (non-hydrogen) atoms. The van der Waals surface area contributed by atoms with Crippen LogP contribution >= 0.6 is 11.6 Å². The van der Waals surface area contributed by atoms with Crippen LogP contribution in [0.15, 0.2) is 42.6 Å². The number of fused-ring (bicyclic) bond motifs is 1. The Balaban J connectivity index is 1.73. The van der Waals surface area contributed by atoms with Crippen LogP contribution in [0.5, 0.6) is 0 Å². The molecule has 0 atom stereocenters. The fourth-order valence-corrected chi connectivity index (χ4v) is 2.48. The fraction of sp³-hybridized carbons (Fsp3) is 0.188. The molecule has 0 fully saturated rings. The highest BCUT2D eigenvalue weighted by molar-refractivity contribution is 6.31. The maximum atomic E-state index is 12.8. The van der Waals surface area contributed by atoms with Gasteiger partial charge in [-0.1, -0.05) is 29.8 Å². The lowest BCUT2D eigenvalue weighted by molar-refractivity contribution is -0.137. The maximum absolute atomic E-state index is 12.8. The van der Waals surface area contributed by atoms with E-state index in [2.05, 4.69) is 15.5 Å². The van der Waals surface area contributed by atoms with Crippen LogP contribution in [0.4, 0.5) is 13.2 Å². The van der Waals surface area contributed by atoms with Gasteiger partial charge in [0.25, 0.3) is 0 Å². The number of nitrogens with one attached hydrogen (secondary N) is 1. The second kappa shape index (κ2) is 6.72. The van der Waals surface area contributed by atoms with Gasteiger partial charge < -0.3 is 5.32 Å². The zero-order valence-electron chi connectivity index (χ0n) is 12.7. The SMILES string of the molecule is O=C(Cc1ccccc1Cl)NCc1nnc2ccc(C(F)(F)F)cn12. The van der Waals surface area contributed by atoms with Crippen molar-refractivity contribution in [3.8, 4) is 0 Å². The van der Waals surface area contributed by atoms with Crippen LogP contribution in [-0.2, 0) is 23.9 Å². The number of halogens is 4. The Kier molecular flexibility index (Phi) is 4.63. The van der Waals surface area contributed by atoms with E-state index < -0.39 is 11.7 Å². The average Bonchev–Trinajstić information content (AvgIpc) is 2.96. The zero-order valence-corrected chi connectivity index (χ0v) is 13.5. The molecule has 2 heterocycles. The molecule has 0 aliphatic heterocycles. The molecule has 1 aromatic carbocycles. The van der Waals surface area contributed by atoms with Crippen molar-refractivity contribution in [3.63, 3.8) is 0 Å². The first-order valence-electron chi connectivity index (χ1n) is 7.25. The Hall–Kier alpha value is -2.61. The number of carbonyl (C=O) groups is 1. The summed E-state index contributed by atoms with van der Waals surface area (Å²) in [6.45, 7) is -0.0498. The summed E-state index contributed by atoms with van der Waals surface area (Å²) in [5.74, 6) is -0.120. The number of carbonyl (C=O) groups excluding carboxylic acids is 1. The van der Waals surface area contributed by atoms with Gasteiger partial charge in [0.05, 0.1) is 18.5 Å². The molecule has 0 aliphatic rings. The standard InChI is InChI=1S/C16H12ClF3N4O/c17-12-4-2-1-3-10(12)7-15(25)21-8-14-23-22-13-6-5-11(9-24(13)14)16(18,19)20/h1-6,9H,7-8H2,(H,21,25).